The fraction of sp³-hybridized carbons (Fsp3) is 0.105. The van der Waals surface area contributed by atoms with Crippen LogP contribution in [0, 0.1) is 24.0 Å². The quantitative estimate of drug-likeness (QED) is 0.343. The first-order valence-corrected chi connectivity index (χ1v) is 8.47. The van der Waals surface area contributed by atoms with Crippen molar-refractivity contribution in [2.45, 2.75) is 13.8 Å². The first kappa shape index (κ1) is 19.5. The molecule has 0 aliphatic carbocycles. The van der Waals surface area contributed by atoms with Crippen molar-refractivity contribution in [1.82, 2.24) is 9.55 Å². The van der Waals surface area contributed by atoms with Crippen LogP contribution in [0.3, 0.4) is 0 Å². The van der Waals surface area contributed by atoms with Gasteiger partial charge in [-0.25, -0.2) is 9.36 Å². The first-order valence-electron chi connectivity index (χ1n) is 8.47. The van der Waals surface area contributed by atoms with Gasteiger partial charge < -0.3 is 5.11 Å². The molecule has 10 heteroatoms. The van der Waals surface area contributed by atoms with Gasteiger partial charge in [-0.05, 0) is 49.2 Å². The lowest BCUT2D eigenvalue weighted by Gasteiger charge is -2.11. The van der Waals surface area contributed by atoms with E-state index in [4.69, 9.17) is 0 Å². The average Bonchev–Trinajstić information content (AvgIpc) is 2.67. The highest BCUT2D eigenvalue weighted by atomic mass is 16.6. The van der Waals surface area contributed by atoms with Crippen LogP contribution in [0.2, 0.25) is 0 Å². The van der Waals surface area contributed by atoms with E-state index in [1.165, 1.54) is 24.3 Å². The van der Waals surface area contributed by atoms with Crippen LogP contribution in [0.5, 0.6) is 5.88 Å². The predicted octanol–water partition coefficient (Wildman–Crippen LogP) is 2.20. The van der Waals surface area contributed by atoms with Gasteiger partial charge in [-0.2, -0.15) is 5.10 Å². The van der Waals surface area contributed by atoms with E-state index in [-0.39, 0.29) is 11.3 Å². The van der Waals surface area contributed by atoms with Crippen LogP contribution >= 0.6 is 0 Å². The molecular formula is C19H17N5O5. The molecule has 3 rings (SSSR count). The maximum absolute atomic E-state index is 12.2. The number of nitrogens with one attached hydrogen (secondary N) is 2. The van der Waals surface area contributed by atoms with Gasteiger partial charge in [0.2, 0.25) is 5.88 Å². The summed E-state index contributed by atoms with van der Waals surface area (Å²) in [7, 11) is 0. The molecule has 29 heavy (non-hydrogen) atoms. The molecule has 1 aromatic heterocycles. The van der Waals surface area contributed by atoms with E-state index < -0.39 is 22.1 Å². The van der Waals surface area contributed by atoms with E-state index in [1.54, 1.807) is 18.2 Å². The van der Waals surface area contributed by atoms with Crippen molar-refractivity contribution in [1.29, 1.82) is 0 Å². The number of aromatic amines is 1. The van der Waals surface area contributed by atoms with Crippen molar-refractivity contribution in [3.63, 3.8) is 0 Å². The van der Waals surface area contributed by atoms with Crippen LogP contribution in [0.1, 0.15) is 16.7 Å². The minimum absolute atomic E-state index is 0.0749. The highest BCUT2D eigenvalue weighted by Crippen LogP contribution is 2.19. The Morgan fingerprint density at radius 2 is 1.83 bits per heavy atom. The molecule has 3 N–H and O–H groups in total. The number of aryl methyl sites for hydroxylation is 2. The molecular weight excluding hydrogens is 378 g/mol. The summed E-state index contributed by atoms with van der Waals surface area (Å²) in [6, 6.07) is 10.6. The highest BCUT2D eigenvalue weighted by Gasteiger charge is 2.14. The molecule has 0 amide bonds. The summed E-state index contributed by atoms with van der Waals surface area (Å²) in [5.74, 6) is -0.559. The zero-order valence-corrected chi connectivity index (χ0v) is 15.5. The van der Waals surface area contributed by atoms with E-state index >= 15 is 0 Å². The monoisotopic (exact) mass is 395 g/mol. The van der Waals surface area contributed by atoms with Gasteiger partial charge in [0.1, 0.15) is 5.56 Å². The van der Waals surface area contributed by atoms with Crippen LogP contribution in [0.15, 0.2) is 57.2 Å². The number of nitro benzene ring substituents is 1. The summed E-state index contributed by atoms with van der Waals surface area (Å²) in [6.07, 6.45) is 1.06. The molecule has 0 unspecified atom stereocenters. The molecule has 2 aromatic carbocycles. The van der Waals surface area contributed by atoms with Gasteiger partial charge in [0, 0.05) is 12.1 Å². The van der Waals surface area contributed by atoms with Crippen molar-refractivity contribution >= 4 is 17.6 Å². The molecule has 0 saturated heterocycles. The number of hydrogen-bond donors (Lipinski definition) is 3. The third-order valence-electron chi connectivity index (χ3n) is 4.33. The number of nitrogens with zero attached hydrogens (tertiary/aromatic N) is 3. The van der Waals surface area contributed by atoms with Gasteiger partial charge in [0.15, 0.2) is 0 Å². The third kappa shape index (κ3) is 4.05. The molecule has 0 spiro atoms. The van der Waals surface area contributed by atoms with Gasteiger partial charge >= 0.3 is 5.69 Å². The highest BCUT2D eigenvalue weighted by molar-refractivity contribution is 5.82. The van der Waals surface area contributed by atoms with Crippen molar-refractivity contribution in [3.05, 3.63) is 90.1 Å². The number of non-ortho nitro benzene ring substituents is 1. The lowest BCUT2D eigenvalue weighted by Crippen LogP contribution is -2.31. The smallest absolute Gasteiger partial charge is 0.335 e. The SMILES string of the molecule is Cc1ccc(-n2c(O)c(C=NNc3ccc([N+](=O)[O-])cc3)c(=O)[nH]c2=O)cc1C. The predicted molar refractivity (Wildman–Crippen MR) is 108 cm³/mol. The van der Waals surface area contributed by atoms with Crippen molar-refractivity contribution in [2.75, 3.05) is 5.43 Å². The zero-order chi connectivity index (χ0) is 21.1. The summed E-state index contributed by atoms with van der Waals surface area (Å²) < 4.78 is 0.973. The summed E-state index contributed by atoms with van der Waals surface area (Å²) in [6.45, 7) is 3.78. The number of H-pyrrole nitrogens is 1. The second-order valence-electron chi connectivity index (χ2n) is 6.27. The van der Waals surface area contributed by atoms with Crippen LogP contribution in [-0.2, 0) is 0 Å². The minimum atomic E-state index is -0.804. The molecule has 1 heterocycles. The molecule has 0 atom stereocenters. The Bertz CT molecular complexity index is 1230. The standard InChI is InChI=1S/C19H17N5O5/c1-11-3-6-15(9-12(11)2)23-18(26)16(17(25)21-19(23)27)10-20-22-13-4-7-14(8-5-13)24(28)29/h3-10,22,26H,1-2H3,(H,21,25,27). The summed E-state index contributed by atoms with van der Waals surface area (Å²) >= 11 is 0. The van der Waals surface area contributed by atoms with Crippen LogP contribution < -0.4 is 16.7 Å². The fourth-order valence-corrected chi connectivity index (χ4v) is 2.59. The molecule has 0 saturated carbocycles. The number of aromatic hydroxyl groups is 1. The van der Waals surface area contributed by atoms with Gasteiger partial charge in [-0.3, -0.25) is 25.3 Å². The maximum Gasteiger partial charge on any atom is 0.335 e. The van der Waals surface area contributed by atoms with Gasteiger partial charge in [-0.15, -0.1) is 0 Å². The van der Waals surface area contributed by atoms with Gasteiger partial charge in [-0.1, -0.05) is 6.07 Å². The lowest BCUT2D eigenvalue weighted by molar-refractivity contribution is -0.384. The average molecular weight is 395 g/mol. The number of aromatic nitrogens is 2. The first-order chi connectivity index (χ1) is 13.8. The van der Waals surface area contributed by atoms with E-state index in [9.17, 15) is 24.8 Å². The summed E-state index contributed by atoms with van der Waals surface area (Å²) in [5, 5.41) is 25.0. The second kappa shape index (κ2) is 7.80. The molecule has 3 aromatic rings. The van der Waals surface area contributed by atoms with E-state index in [2.05, 4.69) is 15.5 Å². The Kier molecular flexibility index (Phi) is 5.26. The summed E-state index contributed by atoms with van der Waals surface area (Å²) in [5.41, 5.74) is 3.47. The number of hydrazone groups is 1. The normalized spacial score (nSPS) is 11.0. The largest absolute Gasteiger partial charge is 0.493 e. The molecule has 148 valence electrons. The van der Waals surface area contributed by atoms with Crippen LogP contribution in [-0.4, -0.2) is 25.8 Å². The van der Waals surface area contributed by atoms with Gasteiger partial charge in [0.25, 0.3) is 11.2 Å². The number of nitro groups is 1. The van der Waals surface area contributed by atoms with Crippen molar-refractivity contribution in [3.8, 4) is 11.6 Å². The Morgan fingerprint density at radius 1 is 1.14 bits per heavy atom. The van der Waals surface area contributed by atoms with E-state index in [1.807, 2.05) is 13.8 Å². The van der Waals surface area contributed by atoms with Crippen molar-refractivity contribution < 1.29 is 10.0 Å². The Balaban J connectivity index is 1.94. The van der Waals surface area contributed by atoms with Crippen molar-refractivity contribution in [2.24, 2.45) is 5.10 Å². The number of rotatable bonds is 5. The zero-order valence-electron chi connectivity index (χ0n) is 15.5. The molecule has 0 aliphatic rings. The Labute approximate surface area is 163 Å². The number of anilines is 1. The molecule has 0 bridgehead atoms. The van der Waals surface area contributed by atoms with Crippen LogP contribution in [0.25, 0.3) is 5.69 Å². The summed E-state index contributed by atoms with van der Waals surface area (Å²) in [4.78, 5) is 36.6. The topological polar surface area (TPSA) is 143 Å². The van der Waals surface area contributed by atoms with E-state index in [0.29, 0.717) is 11.4 Å². The fourth-order valence-electron chi connectivity index (χ4n) is 2.59. The Morgan fingerprint density at radius 3 is 2.45 bits per heavy atom. The number of hydrogen-bond acceptors (Lipinski definition) is 7. The Hall–Kier alpha value is -4.21. The molecule has 10 nitrogen and oxygen atoms in total. The van der Waals surface area contributed by atoms with Gasteiger partial charge in [0.05, 0.1) is 22.5 Å². The van der Waals surface area contributed by atoms with Crippen LogP contribution in [0.4, 0.5) is 11.4 Å². The molecule has 0 radical (unpaired) electrons. The number of benzene rings is 2. The minimum Gasteiger partial charge on any atom is -0.493 e. The molecule has 0 aliphatic heterocycles. The maximum atomic E-state index is 12.2. The third-order valence-corrected chi connectivity index (χ3v) is 4.33. The second-order valence-corrected chi connectivity index (χ2v) is 6.27. The van der Waals surface area contributed by atoms with E-state index in [0.717, 1.165) is 21.9 Å². The lowest BCUT2D eigenvalue weighted by atomic mass is 10.1. The molecule has 0 fully saturated rings.